The lowest BCUT2D eigenvalue weighted by atomic mass is 9.96. The maximum Gasteiger partial charge on any atom is 0.317 e. The van der Waals surface area contributed by atoms with Gasteiger partial charge in [-0.3, -0.25) is 4.90 Å². The smallest absolute Gasteiger partial charge is 0.317 e. The van der Waals surface area contributed by atoms with E-state index in [2.05, 4.69) is 24.1 Å². The SMILES string of the molecule is CCNC(=O)N1CCC(CN(CCO)C(C)C)CC1. The van der Waals surface area contributed by atoms with Crippen molar-refractivity contribution in [2.75, 3.05) is 39.3 Å². The number of hydrogen-bond donors (Lipinski definition) is 2. The summed E-state index contributed by atoms with van der Waals surface area (Å²) in [7, 11) is 0. The lowest BCUT2D eigenvalue weighted by Crippen LogP contribution is -2.46. The fourth-order valence-electron chi connectivity index (χ4n) is 2.60. The van der Waals surface area contributed by atoms with Crippen molar-refractivity contribution >= 4 is 6.03 Å². The third kappa shape index (κ3) is 5.37. The summed E-state index contributed by atoms with van der Waals surface area (Å²) in [4.78, 5) is 15.9. The topological polar surface area (TPSA) is 55.8 Å². The maximum absolute atomic E-state index is 11.7. The van der Waals surface area contributed by atoms with E-state index in [1.807, 2.05) is 11.8 Å². The Morgan fingerprint density at radius 3 is 2.53 bits per heavy atom. The van der Waals surface area contributed by atoms with E-state index < -0.39 is 0 Å². The molecular formula is C14H29N3O2. The van der Waals surface area contributed by atoms with Crippen LogP contribution < -0.4 is 5.32 Å². The van der Waals surface area contributed by atoms with Gasteiger partial charge in [0, 0.05) is 38.8 Å². The van der Waals surface area contributed by atoms with Crippen LogP contribution in [0, 0.1) is 5.92 Å². The van der Waals surface area contributed by atoms with Crippen molar-refractivity contribution in [2.24, 2.45) is 5.92 Å². The van der Waals surface area contributed by atoms with Crippen LogP contribution in [0.4, 0.5) is 4.79 Å². The number of rotatable bonds is 6. The summed E-state index contributed by atoms with van der Waals surface area (Å²) in [5.74, 6) is 0.639. The van der Waals surface area contributed by atoms with Crippen LogP contribution in [0.5, 0.6) is 0 Å². The largest absolute Gasteiger partial charge is 0.395 e. The molecule has 19 heavy (non-hydrogen) atoms. The van der Waals surface area contributed by atoms with Crippen LogP contribution in [0.2, 0.25) is 0 Å². The number of nitrogens with one attached hydrogen (secondary N) is 1. The molecule has 2 N–H and O–H groups in total. The zero-order chi connectivity index (χ0) is 14.3. The molecule has 0 aliphatic carbocycles. The van der Waals surface area contributed by atoms with Crippen LogP contribution in [-0.2, 0) is 0 Å². The minimum Gasteiger partial charge on any atom is -0.395 e. The zero-order valence-corrected chi connectivity index (χ0v) is 12.6. The predicted molar refractivity (Wildman–Crippen MR) is 77.2 cm³/mol. The first-order valence-electron chi connectivity index (χ1n) is 7.46. The highest BCUT2D eigenvalue weighted by molar-refractivity contribution is 5.74. The second-order valence-electron chi connectivity index (χ2n) is 5.58. The van der Waals surface area contributed by atoms with Gasteiger partial charge in [-0.2, -0.15) is 0 Å². The molecule has 1 saturated heterocycles. The van der Waals surface area contributed by atoms with Crippen LogP contribution in [-0.4, -0.2) is 66.3 Å². The fraction of sp³-hybridized carbons (Fsp3) is 0.929. The van der Waals surface area contributed by atoms with Crippen molar-refractivity contribution in [3.63, 3.8) is 0 Å². The Morgan fingerprint density at radius 2 is 2.05 bits per heavy atom. The van der Waals surface area contributed by atoms with E-state index in [0.29, 0.717) is 18.5 Å². The normalized spacial score (nSPS) is 17.3. The van der Waals surface area contributed by atoms with Crippen molar-refractivity contribution in [3.8, 4) is 0 Å². The van der Waals surface area contributed by atoms with Gasteiger partial charge in [-0.05, 0) is 39.5 Å². The summed E-state index contributed by atoms with van der Waals surface area (Å²) < 4.78 is 0. The summed E-state index contributed by atoms with van der Waals surface area (Å²) >= 11 is 0. The lowest BCUT2D eigenvalue weighted by Gasteiger charge is -2.36. The highest BCUT2D eigenvalue weighted by Gasteiger charge is 2.24. The Balaban J connectivity index is 2.34. The van der Waals surface area contributed by atoms with Crippen molar-refractivity contribution in [3.05, 3.63) is 0 Å². The molecule has 0 atom stereocenters. The summed E-state index contributed by atoms with van der Waals surface area (Å²) in [6, 6.07) is 0.533. The molecule has 5 heteroatoms. The number of likely N-dealkylation sites (tertiary alicyclic amines) is 1. The first-order valence-corrected chi connectivity index (χ1v) is 7.46. The second-order valence-corrected chi connectivity index (χ2v) is 5.58. The van der Waals surface area contributed by atoms with Crippen LogP contribution in [0.3, 0.4) is 0 Å². The molecule has 0 radical (unpaired) electrons. The van der Waals surface area contributed by atoms with E-state index in [9.17, 15) is 4.79 Å². The molecule has 0 unspecified atom stereocenters. The van der Waals surface area contributed by atoms with E-state index in [4.69, 9.17) is 5.11 Å². The van der Waals surface area contributed by atoms with Gasteiger partial charge >= 0.3 is 6.03 Å². The molecule has 0 bridgehead atoms. The Morgan fingerprint density at radius 1 is 1.42 bits per heavy atom. The lowest BCUT2D eigenvalue weighted by molar-refractivity contribution is 0.115. The standard InChI is InChI=1S/C14H29N3O2/c1-4-15-14(19)16-7-5-13(6-8-16)11-17(9-10-18)12(2)3/h12-13,18H,4-11H2,1-3H3,(H,15,19). The number of hydrogen-bond acceptors (Lipinski definition) is 3. The van der Waals surface area contributed by atoms with Crippen molar-refractivity contribution in [1.29, 1.82) is 0 Å². The van der Waals surface area contributed by atoms with Gasteiger partial charge in [0.15, 0.2) is 0 Å². The highest BCUT2D eigenvalue weighted by Crippen LogP contribution is 2.19. The number of amides is 2. The van der Waals surface area contributed by atoms with Gasteiger partial charge < -0.3 is 15.3 Å². The van der Waals surface area contributed by atoms with Gasteiger partial charge in [0.25, 0.3) is 0 Å². The average Bonchev–Trinajstić information content (AvgIpc) is 2.39. The number of aliphatic hydroxyl groups is 1. The maximum atomic E-state index is 11.7. The van der Waals surface area contributed by atoms with Gasteiger partial charge in [0.1, 0.15) is 0 Å². The van der Waals surface area contributed by atoms with E-state index >= 15 is 0 Å². The number of aliphatic hydroxyl groups excluding tert-OH is 1. The molecule has 0 aromatic rings. The third-order valence-corrected chi connectivity index (χ3v) is 3.84. The zero-order valence-electron chi connectivity index (χ0n) is 12.6. The number of carbonyl (C=O) groups is 1. The van der Waals surface area contributed by atoms with E-state index in [0.717, 1.165) is 39.0 Å². The molecule has 1 rings (SSSR count). The van der Waals surface area contributed by atoms with Gasteiger partial charge in [0.05, 0.1) is 6.61 Å². The second kappa shape index (κ2) is 8.38. The molecule has 0 spiro atoms. The summed E-state index contributed by atoms with van der Waals surface area (Å²) in [5.41, 5.74) is 0. The van der Waals surface area contributed by atoms with Crippen LogP contribution in [0.1, 0.15) is 33.6 Å². The molecule has 0 aromatic carbocycles. The molecule has 2 amide bonds. The van der Waals surface area contributed by atoms with Crippen LogP contribution >= 0.6 is 0 Å². The van der Waals surface area contributed by atoms with Crippen LogP contribution in [0.15, 0.2) is 0 Å². The Kier molecular flexibility index (Phi) is 7.16. The molecule has 0 saturated carbocycles. The fourth-order valence-corrected chi connectivity index (χ4v) is 2.60. The van der Waals surface area contributed by atoms with Crippen LogP contribution in [0.25, 0.3) is 0 Å². The summed E-state index contributed by atoms with van der Waals surface area (Å²) in [5, 5.41) is 11.9. The monoisotopic (exact) mass is 271 g/mol. The molecule has 1 heterocycles. The molecule has 0 aromatic heterocycles. The molecule has 1 aliphatic rings. The quantitative estimate of drug-likeness (QED) is 0.761. The number of urea groups is 1. The Bertz CT molecular complexity index is 263. The van der Waals surface area contributed by atoms with E-state index in [-0.39, 0.29) is 12.6 Å². The first-order chi connectivity index (χ1) is 9.08. The van der Waals surface area contributed by atoms with Gasteiger partial charge in [-0.15, -0.1) is 0 Å². The molecule has 5 nitrogen and oxygen atoms in total. The van der Waals surface area contributed by atoms with Crippen molar-refractivity contribution in [1.82, 2.24) is 15.1 Å². The van der Waals surface area contributed by atoms with Crippen molar-refractivity contribution in [2.45, 2.75) is 39.7 Å². The Labute approximate surface area is 117 Å². The molecule has 1 aliphatic heterocycles. The van der Waals surface area contributed by atoms with E-state index in [1.165, 1.54) is 0 Å². The highest BCUT2D eigenvalue weighted by atomic mass is 16.3. The molecule has 112 valence electrons. The number of carbonyl (C=O) groups excluding carboxylic acids is 1. The number of nitrogens with zero attached hydrogens (tertiary/aromatic N) is 2. The third-order valence-electron chi connectivity index (χ3n) is 3.84. The summed E-state index contributed by atoms with van der Waals surface area (Å²) in [6.07, 6.45) is 2.12. The minimum atomic E-state index is 0.0667. The Hall–Kier alpha value is -0.810. The predicted octanol–water partition coefficient (Wildman–Crippen LogP) is 1.13. The average molecular weight is 271 g/mol. The van der Waals surface area contributed by atoms with E-state index in [1.54, 1.807) is 0 Å². The molecular weight excluding hydrogens is 242 g/mol. The number of piperidine rings is 1. The van der Waals surface area contributed by atoms with Gasteiger partial charge in [-0.1, -0.05) is 0 Å². The molecule has 1 fully saturated rings. The minimum absolute atomic E-state index is 0.0667. The van der Waals surface area contributed by atoms with Gasteiger partial charge in [-0.25, -0.2) is 4.79 Å². The van der Waals surface area contributed by atoms with Crippen molar-refractivity contribution < 1.29 is 9.90 Å². The van der Waals surface area contributed by atoms with Gasteiger partial charge in [0.2, 0.25) is 0 Å². The summed E-state index contributed by atoms with van der Waals surface area (Å²) in [6.45, 7) is 10.7. The first kappa shape index (κ1) is 16.2.